The van der Waals surface area contributed by atoms with Crippen molar-refractivity contribution in [1.82, 2.24) is 0 Å². The van der Waals surface area contributed by atoms with Gasteiger partial charge in [-0.25, -0.2) is 0 Å². The van der Waals surface area contributed by atoms with Crippen LogP contribution in [0.15, 0.2) is 158 Å². The molecule has 6 aromatic rings. The van der Waals surface area contributed by atoms with Crippen LogP contribution in [0.4, 0.5) is 0 Å². The molecule has 0 radical (unpaired) electrons. The summed E-state index contributed by atoms with van der Waals surface area (Å²) in [6.45, 7) is 0. The molecule has 4 aliphatic carbocycles. The number of fused-ring (bicyclic) bond motifs is 8. The van der Waals surface area contributed by atoms with Crippen molar-refractivity contribution in [2.75, 3.05) is 0 Å². The van der Waals surface area contributed by atoms with Crippen LogP contribution in [0.25, 0.3) is 43.8 Å². The first-order valence-electron chi connectivity index (χ1n) is 21.6. The molecule has 1 heterocycles. The van der Waals surface area contributed by atoms with E-state index in [4.69, 9.17) is 0 Å². The van der Waals surface area contributed by atoms with Crippen molar-refractivity contribution in [3.8, 4) is 22.3 Å². The molecule has 0 spiro atoms. The summed E-state index contributed by atoms with van der Waals surface area (Å²) >= 11 is -3.52. The standard InChI is InChI=1S/C52H46Si.2CH3.Hf/c1-3-15-37(16-4-1)39-27-31-41(32-28-39)49-35-43-19-7-13-25-47(43)51(49)53(45-21-9-10-22-45,46-23-11-12-24-46)52-48-26-14-8-20-44(48)36-50(52)42-33-29-40(30-34-42)38-17-5-2-6-18-38;;;/h1-8,13-20,25-36,45-46H,9-12,21-24H2;2*1H3;. The molecular formula is C54H52HfSi. The number of hydrogen-bond acceptors (Lipinski definition) is 0. The normalized spacial score (nSPS) is 22.2. The predicted molar refractivity (Wildman–Crippen MR) is 238 cm³/mol. The maximum atomic E-state index is 2.86. The van der Waals surface area contributed by atoms with Gasteiger partial charge < -0.3 is 0 Å². The first-order valence-corrected chi connectivity index (χ1v) is 35.0. The molecule has 2 saturated carbocycles. The van der Waals surface area contributed by atoms with Crippen molar-refractivity contribution in [3.05, 3.63) is 191 Å². The maximum absolute atomic E-state index is 3.52. The van der Waals surface area contributed by atoms with E-state index in [0.717, 1.165) is 11.1 Å². The number of benzene rings is 6. The molecule has 2 atom stereocenters. The van der Waals surface area contributed by atoms with Gasteiger partial charge in [0.1, 0.15) is 0 Å². The SMILES string of the molecule is [CH3][Hf]1([CH3])[CH]2C(c3ccc(-c4ccccc4)cc3)=C(c3ccccc32)[Si](C2CCCC2)(C2CCCC2)C2=C(c3ccc(-c4ccccc4)cc3)[CH]1c1ccccc12. The minimum atomic E-state index is -3.52. The molecule has 56 heavy (non-hydrogen) atoms. The molecule has 276 valence electrons. The van der Waals surface area contributed by atoms with Gasteiger partial charge in [0.15, 0.2) is 0 Å². The second-order valence-electron chi connectivity index (χ2n) is 18.2. The Bertz CT molecular complexity index is 2320. The summed E-state index contributed by atoms with van der Waals surface area (Å²) in [6, 6.07) is 62.0. The van der Waals surface area contributed by atoms with Crippen molar-refractivity contribution in [2.45, 2.75) is 79.2 Å². The summed E-state index contributed by atoms with van der Waals surface area (Å²) < 4.78 is 6.75. The summed E-state index contributed by atoms with van der Waals surface area (Å²) in [5.41, 5.74) is 20.1. The molecule has 5 aliphatic rings. The Morgan fingerprint density at radius 2 is 0.696 bits per heavy atom. The first-order chi connectivity index (χ1) is 27.6. The zero-order valence-electron chi connectivity index (χ0n) is 33.0. The van der Waals surface area contributed by atoms with Crippen molar-refractivity contribution in [2.24, 2.45) is 0 Å². The molecule has 0 nitrogen and oxygen atoms in total. The molecule has 0 amide bonds. The predicted octanol–water partition coefficient (Wildman–Crippen LogP) is 15.3. The summed E-state index contributed by atoms with van der Waals surface area (Å²) in [7, 11) is -2.49. The van der Waals surface area contributed by atoms with Gasteiger partial charge in [0.25, 0.3) is 0 Å². The molecule has 4 bridgehead atoms. The topological polar surface area (TPSA) is 0 Å². The molecule has 0 saturated heterocycles. The van der Waals surface area contributed by atoms with E-state index in [1.165, 1.54) is 84.7 Å². The number of hydrogen-bond donors (Lipinski definition) is 0. The van der Waals surface area contributed by atoms with E-state index in [1.807, 2.05) is 10.4 Å². The Hall–Kier alpha value is -4.11. The fraction of sp³-hybridized carbons (Fsp3) is 0.259. The van der Waals surface area contributed by atoms with Crippen LogP contribution in [-0.2, 0) is 20.0 Å². The van der Waals surface area contributed by atoms with Crippen molar-refractivity contribution >= 4 is 29.6 Å². The van der Waals surface area contributed by atoms with Crippen LogP contribution in [0, 0.1) is 0 Å². The van der Waals surface area contributed by atoms with Crippen molar-refractivity contribution < 1.29 is 20.0 Å². The fourth-order valence-electron chi connectivity index (χ4n) is 13.1. The monoisotopic (exact) mass is 908 g/mol. The molecule has 6 aromatic carbocycles. The van der Waals surface area contributed by atoms with Crippen molar-refractivity contribution in [1.29, 1.82) is 0 Å². The third-order valence-corrected chi connectivity index (χ3v) is 36.6. The second-order valence-corrected chi connectivity index (χ2v) is 39.8. The van der Waals surface area contributed by atoms with Crippen LogP contribution < -0.4 is 0 Å². The van der Waals surface area contributed by atoms with E-state index in [0.29, 0.717) is 7.35 Å². The number of allylic oxidation sites excluding steroid dienone is 2. The summed E-state index contributed by atoms with van der Waals surface area (Å²) in [5, 5.41) is 3.78. The summed E-state index contributed by atoms with van der Waals surface area (Å²) in [6.07, 6.45) is 11.1. The van der Waals surface area contributed by atoms with Gasteiger partial charge in [-0.2, -0.15) is 0 Å². The molecule has 11 rings (SSSR count). The van der Waals surface area contributed by atoms with Crippen LogP contribution in [-0.4, -0.2) is 8.07 Å². The van der Waals surface area contributed by atoms with Gasteiger partial charge in [0, 0.05) is 0 Å². The van der Waals surface area contributed by atoms with Crippen molar-refractivity contribution in [3.63, 3.8) is 0 Å². The van der Waals surface area contributed by atoms with E-state index in [2.05, 4.69) is 167 Å². The molecule has 2 fully saturated rings. The van der Waals surface area contributed by atoms with E-state index in [9.17, 15) is 0 Å². The molecule has 0 aromatic heterocycles. The Morgan fingerprint density at radius 1 is 0.375 bits per heavy atom. The van der Waals surface area contributed by atoms with E-state index >= 15 is 0 Å². The zero-order valence-corrected chi connectivity index (χ0v) is 37.6. The van der Waals surface area contributed by atoms with Crippen LogP contribution >= 0.6 is 0 Å². The molecule has 1 aliphatic heterocycles. The minimum absolute atomic E-state index is 0.516. The van der Waals surface area contributed by atoms with Gasteiger partial charge in [-0.15, -0.1) is 0 Å². The first kappa shape index (κ1) is 35.1. The van der Waals surface area contributed by atoms with E-state index < -0.39 is 28.0 Å². The van der Waals surface area contributed by atoms with E-state index in [-0.39, 0.29) is 0 Å². The molecule has 0 N–H and O–H groups in total. The Kier molecular flexibility index (Phi) is 8.63. The van der Waals surface area contributed by atoms with Crippen LogP contribution in [0.1, 0.15) is 92.1 Å². The second kappa shape index (κ2) is 13.8. The molecule has 2 heteroatoms. The number of rotatable bonds is 6. The summed E-state index contributed by atoms with van der Waals surface area (Å²) in [4.78, 5) is 0. The molecular weight excluding hydrogens is 855 g/mol. The average Bonchev–Trinajstić information content (AvgIpc) is 4.09. The Labute approximate surface area is 339 Å². The van der Waals surface area contributed by atoms with Crippen LogP contribution in [0.3, 0.4) is 0 Å². The van der Waals surface area contributed by atoms with Gasteiger partial charge in [-0.05, 0) is 0 Å². The third kappa shape index (κ3) is 5.17. The average molecular weight is 908 g/mol. The molecule has 2 unspecified atom stereocenters. The Morgan fingerprint density at radius 3 is 1.09 bits per heavy atom. The van der Waals surface area contributed by atoms with Gasteiger partial charge in [0.2, 0.25) is 0 Å². The quantitative estimate of drug-likeness (QED) is 0.146. The van der Waals surface area contributed by atoms with E-state index in [1.54, 1.807) is 33.4 Å². The third-order valence-electron chi connectivity index (χ3n) is 15.1. The zero-order chi connectivity index (χ0) is 37.4. The van der Waals surface area contributed by atoms with Crippen LogP contribution in [0.5, 0.6) is 0 Å². The van der Waals surface area contributed by atoms with Gasteiger partial charge in [-0.1, -0.05) is 0 Å². The van der Waals surface area contributed by atoms with Crippen LogP contribution in [0.2, 0.25) is 20.4 Å². The van der Waals surface area contributed by atoms with Gasteiger partial charge in [-0.3, -0.25) is 0 Å². The summed E-state index contributed by atoms with van der Waals surface area (Å²) in [5.74, 6) is 0. The van der Waals surface area contributed by atoms with Gasteiger partial charge >= 0.3 is 342 Å². The van der Waals surface area contributed by atoms with Gasteiger partial charge in [0.05, 0.1) is 0 Å². The fourth-order valence-corrected chi connectivity index (χ4v) is 38.4. The Balaban J connectivity index is 1.26.